The molecule has 1 aliphatic carbocycles. The highest BCUT2D eigenvalue weighted by molar-refractivity contribution is 5.51. The first-order chi connectivity index (χ1) is 8.19. The molecule has 1 heterocycles. The van der Waals surface area contributed by atoms with Crippen molar-refractivity contribution in [2.45, 2.75) is 52.1 Å². The van der Waals surface area contributed by atoms with Crippen LogP contribution < -0.4 is 10.6 Å². The van der Waals surface area contributed by atoms with Gasteiger partial charge in [0, 0.05) is 31.7 Å². The van der Waals surface area contributed by atoms with Crippen molar-refractivity contribution in [3.05, 3.63) is 11.3 Å². The molecule has 0 bridgehead atoms. The van der Waals surface area contributed by atoms with Crippen LogP contribution in [0.4, 0.5) is 5.82 Å². The van der Waals surface area contributed by atoms with Crippen molar-refractivity contribution < 1.29 is 0 Å². The van der Waals surface area contributed by atoms with Gasteiger partial charge in [0.1, 0.15) is 5.82 Å². The molecule has 96 valence electrons. The van der Waals surface area contributed by atoms with E-state index in [1.807, 2.05) is 18.7 Å². The molecule has 0 amide bonds. The molecule has 4 nitrogen and oxygen atoms in total. The summed E-state index contributed by atoms with van der Waals surface area (Å²) in [4.78, 5) is 2.50. The topological polar surface area (TPSA) is 47.1 Å². The van der Waals surface area contributed by atoms with E-state index in [1.165, 1.54) is 37.1 Å². The summed E-state index contributed by atoms with van der Waals surface area (Å²) in [5, 5.41) is 4.52. The predicted molar refractivity (Wildman–Crippen MR) is 71.1 cm³/mol. The SMILES string of the molecule is CCN(c1c(CN)c(C)nn1C)C1CCCC1. The fourth-order valence-electron chi connectivity index (χ4n) is 3.08. The van der Waals surface area contributed by atoms with Crippen molar-refractivity contribution in [3.63, 3.8) is 0 Å². The first kappa shape index (κ1) is 12.4. The van der Waals surface area contributed by atoms with Crippen LogP contribution in [0, 0.1) is 6.92 Å². The minimum Gasteiger partial charge on any atom is -0.354 e. The van der Waals surface area contributed by atoms with E-state index in [0.29, 0.717) is 12.6 Å². The van der Waals surface area contributed by atoms with Gasteiger partial charge in [-0.25, -0.2) is 0 Å². The summed E-state index contributed by atoms with van der Waals surface area (Å²) in [5.41, 5.74) is 8.16. The summed E-state index contributed by atoms with van der Waals surface area (Å²) in [5.74, 6) is 1.24. The molecule has 0 aliphatic heterocycles. The van der Waals surface area contributed by atoms with Gasteiger partial charge in [-0.3, -0.25) is 4.68 Å². The molecular weight excluding hydrogens is 212 g/mol. The van der Waals surface area contributed by atoms with Gasteiger partial charge in [0.15, 0.2) is 0 Å². The third-order valence-electron chi connectivity index (χ3n) is 3.90. The summed E-state index contributed by atoms with van der Waals surface area (Å²) >= 11 is 0. The monoisotopic (exact) mass is 236 g/mol. The Kier molecular flexibility index (Phi) is 3.72. The standard InChI is InChI=1S/C13H24N4/c1-4-17(11-7-5-6-8-11)13-12(9-14)10(2)15-16(13)3/h11H,4-9,14H2,1-3H3. The molecule has 0 atom stereocenters. The van der Waals surface area contributed by atoms with E-state index in [-0.39, 0.29) is 0 Å². The van der Waals surface area contributed by atoms with Crippen LogP contribution in [0.1, 0.15) is 43.9 Å². The van der Waals surface area contributed by atoms with Crippen molar-refractivity contribution in [1.82, 2.24) is 9.78 Å². The van der Waals surface area contributed by atoms with Crippen LogP contribution in [0.25, 0.3) is 0 Å². The van der Waals surface area contributed by atoms with E-state index in [4.69, 9.17) is 5.73 Å². The van der Waals surface area contributed by atoms with Gasteiger partial charge >= 0.3 is 0 Å². The number of hydrogen-bond donors (Lipinski definition) is 1. The molecule has 0 spiro atoms. The molecule has 1 saturated carbocycles. The van der Waals surface area contributed by atoms with Crippen LogP contribution in [0.15, 0.2) is 0 Å². The molecule has 0 saturated heterocycles. The Bertz CT molecular complexity index is 377. The summed E-state index contributed by atoms with van der Waals surface area (Å²) in [6.45, 7) is 5.89. The molecule has 1 fully saturated rings. The van der Waals surface area contributed by atoms with Crippen LogP contribution in [0.2, 0.25) is 0 Å². The van der Waals surface area contributed by atoms with E-state index >= 15 is 0 Å². The van der Waals surface area contributed by atoms with Crippen molar-refractivity contribution in [2.24, 2.45) is 12.8 Å². The molecule has 0 unspecified atom stereocenters. The number of hydrogen-bond acceptors (Lipinski definition) is 3. The van der Waals surface area contributed by atoms with Crippen LogP contribution in [0.3, 0.4) is 0 Å². The first-order valence-electron chi connectivity index (χ1n) is 6.68. The Labute approximate surface area is 104 Å². The Balaban J connectivity index is 2.35. The van der Waals surface area contributed by atoms with Gasteiger partial charge in [-0.1, -0.05) is 12.8 Å². The molecular formula is C13H24N4. The van der Waals surface area contributed by atoms with Crippen LogP contribution in [0.5, 0.6) is 0 Å². The van der Waals surface area contributed by atoms with Gasteiger partial charge in [-0.15, -0.1) is 0 Å². The highest BCUT2D eigenvalue weighted by Gasteiger charge is 2.26. The van der Waals surface area contributed by atoms with Gasteiger partial charge in [-0.05, 0) is 26.7 Å². The van der Waals surface area contributed by atoms with Gasteiger partial charge in [-0.2, -0.15) is 5.10 Å². The lowest BCUT2D eigenvalue weighted by Gasteiger charge is -2.30. The van der Waals surface area contributed by atoms with Crippen LogP contribution in [-0.2, 0) is 13.6 Å². The lowest BCUT2D eigenvalue weighted by molar-refractivity contribution is 0.589. The summed E-state index contributed by atoms with van der Waals surface area (Å²) in [6.07, 6.45) is 5.33. The first-order valence-corrected chi connectivity index (χ1v) is 6.68. The summed E-state index contributed by atoms with van der Waals surface area (Å²) in [7, 11) is 2.03. The van der Waals surface area contributed by atoms with Gasteiger partial charge in [0.05, 0.1) is 5.69 Å². The Morgan fingerprint density at radius 1 is 1.41 bits per heavy atom. The molecule has 1 aromatic rings. The van der Waals surface area contributed by atoms with Crippen molar-refractivity contribution >= 4 is 5.82 Å². The fraction of sp³-hybridized carbons (Fsp3) is 0.769. The Morgan fingerprint density at radius 3 is 2.59 bits per heavy atom. The number of rotatable bonds is 4. The average molecular weight is 236 g/mol. The third kappa shape index (κ3) is 2.18. The highest BCUT2D eigenvalue weighted by atomic mass is 15.4. The minimum absolute atomic E-state index is 0.582. The van der Waals surface area contributed by atoms with E-state index in [0.717, 1.165) is 12.2 Å². The van der Waals surface area contributed by atoms with Crippen molar-refractivity contribution in [1.29, 1.82) is 0 Å². The van der Waals surface area contributed by atoms with Crippen molar-refractivity contribution in [2.75, 3.05) is 11.4 Å². The normalized spacial score (nSPS) is 16.7. The lowest BCUT2D eigenvalue weighted by atomic mass is 10.1. The summed E-state index contributed by atoms with van der Waals surface area (Å²) < 4.78 is 2.00. The molecule has 1 aliphatic rings. The van der Waals surface area contributed by atoms with E-state index in [9.17, 15) is 0 Å². The zero-order valence-electron chi connectivity index (χ0n) is 11.2. The van der Waals surface area contributed by atoms with Crippen molar-refractivity contribution in [3.8, 4) is 0 Å². The van der Waals surface area contributed by atoms with Gasteiger partial charge < -0.3 is 10.6 Å². The quantitative estimate of drug-likeness (QED) is 0.869. The molecule has 2 rings (SSSR count). The lowest BCUT2D eigenvalue weighted by Crippen LogP contribution is -2.35. The molecule has 2 N–H and O–H groups in total. The number of nitrogens with two attached hydrogens (primary N) is 1. The summed E-state index contributed by atoms with van der Waals surface area (Å²) in [6, 6.07) is 0.681. The highest BCUT2D eigenvalue weighted by Crippen LogP contribution is 2.31. The zero-order chi connectivity index (χ0) is 12.4. The number of anilines is 1. The van der Waals surface area contributed by atoms with Crippen LogP contribution in [-0.4, -0.2) is 22.4 Å². The molecule has 0 radical (unpaired) electrons. The third-order valence-corrected chi connectivity index (χ3v) is 3.90. The minimum atomic E-state index is 0.582. The Hall–Kier alpha value is -1.03. The maximum Gasteiger partial charge on any atom is 0.131 e. The second-order valence-corrected chi connectivity index (χ2v) is 4.94. The number of nitrogens with zero attached hydrogens (tertiary/aromatic N) is 3. The zero-order valence-corrected chi connectivity index (χ0v) is 11.2. The Morgan fingerprint density at radius 2 is 2.06 bits per heavy atom. The molecule has 0 aromatic carbocycles. The average Bonchev–Trinajstić information content (AvgIpc) is 2.90. The second-order valence-electron chi connectivity index (χ2n) is 4.94. The smallest absolute Gasteiger partial charge is 0.131 e. The van der Waals surface area contributed by atoms with Gasteiger partial charge in [0.2, 0.25) is 0 Å². The molecule has 1 aromatic heterocycles. The maximum atomic E-state index is 5.88. The largest absolute Gasteiger partial charge is 0.354 e. The maximum absolute atomic E-state index is 5.88. The van der Waals surface area contributed by atoms with Gasteiger partial charge in [0.25, 0.3) is 0 Å². The van der Waals surface area contributed by atoms with E-state index in [1.54, 1.807) is 0 Å². The second kappa shape index (κ2) is 5.08. The molecule has 4 heteroatoms. The van der Waals surface area contributed by atoms with E-state index < -0.39 is 0 Å². The molecule has 17 heavy (non-hydrogen) atoms. The number of aromatic nitrogens is 2. The number of aryl methyl sites for hydroxylation is 2. The fourth-order valence-corrected chi connectivity index (χ4v) is 3.08. The van der Waals surface area contributed by atoms with Crippen LogP contribution >= 0.6 is 0 Å². The van der Waals surface area contributed by atoms with E-state index in [2.05, 4.69) is 16.9 Å². The predicted octanol–water partition coefficient (Wildman–Crippen LogP) is 1.96.